The topological polar surface area (TPSA) is 70.1 Å². The zero-order valence-electron chi connectivity index (χ0n) is 22.8. The number of alkyl halides is 3. The number of carbonyl (C=O) groups excluding carboxylic acids is 1. The Balaban J connectivity index is 1.17. The van der Waals surface area contributed by atoms with Gasteiger partial charge in [-0.15, -0.1) is 6.58 Å². The number of nitrogens with zero attached hydrogens (tertiary/aromatic N) is 4. The summed E-state index contributed by atoms with van der Waals surface area (Å²) in [4.78, 5) is 31.6. The van der Waals surface area contributed by atoms with Gasteiger partial charge in [-0.3, -0.25) is 19.4 Å². The molecule has 5 rings (SSSR count). The van der Waals surface area contributed by atoms with Crippen LogP contribution < -0.4 is 15.8 Å². The SMILES string of the molecule is C=CCO[C@H]1CN(C2CCN(c3ccc(F)cc3)CC2)CC1NC(=O)CN1CCn2c(cc(C(F)(F)F)cc2=O)C1. The average Bonchev–Trinajstić information content (AvgIpc) is 3.33. The summed E-state index contributed by atoms with van der Waals surface area (Å²) in [6.45, 7) is 7.75. The molecule has 3 aliphatic heterocycles. The molecule has 41 heavy (non-hydrogen) atoms. The van der Waals surface area contributed by atoms with Crippen molar-refractivity contribution in [2.24, 2.45) is 0 Å². The molecule has 1 N–H and O–H groups in total. The Bertz CT molecular complexity index is 1290. The zero-order chi connectivity index (χ0) is 29.1. The molecule has 2 atom stereocenters. The maximum absolute atomic E-state index is 13.3. The van der Waals surface area contributed by atoms with E-state index in [-0.39, 0.29) is 49.2 Å². The highest BCUT2D eigenvalue weighted by Gasteiger charge is 2.39. The van der Waals surface area contributed by atoms with Crippen LogP contribution in [0, 0.1) is 5.82 Å². The number of aromatic nitrogens is 1. The van der Waals surface area contributed by atoms with E-state index < -0.39 is 17.3 Å². The molecular weight excluding hydrogens is 542 g/mol. The number of hydrogen-bond donors (Lipinski definition) is 1. The Hall–Kier alpha value is -3.22. The van der Waals surface area contributed by atoms with Gasteiger partial charge in [-0.1, -0.05) is 6.08 Å². The van der Waals surface area contributed by atoms with Crippen molar-refractivity contribution < 1.29 is 27.1 Å². The van der Waals surface area contributed by atoms with Crippen LogP contribution in [0.5, 0.6) is 0 Å². The average molecular weight is 578 g/mol. The van der Waals surface area contributed by atoms with Crippen LogP contribution in [0.3, 0.4) is 0 Å². The Labute approximate surface area is 236 Å². The Morgan fingerprint density at radius 1 is 1.07 bits per heavy atom. The number of pyridine rings is 1. The standard InChI is InChI=1S/C29H35F4N5O3/c1-2-13-41-26-18-37(23-7-9-36(10-8-23)22-5-3-21(30)4-6-22)17-25(26)34-27(39)19-35-11-12-38-24(16-35)14-20(15-28(38)40)29(31,32)33/h2-6,14-15,23,25-26H,1,7-13,16-19H2,(H,34,39)/t25?,26-/m0/s1. The minimum atomic E-state index is -4.61. The summed E-state index contributed by atoms with van der Waals surface area (Å²) in [5.74, 6) is -0.492. The lowest BCUT2D eigenvalue weighted by atomic mass is 10.0. The third kappa shape index (κ3) is 6.99. The number of amides is 1. The number of piperidine rings is 1. The molecule has 1 aromatic heterocycles. The fourth-order valence-corrected chi connectivity index (χ4v) is 6.08. The second-order valence-electron chi connectivity index (χ2n) is 10.9. The summed E-state index contributed by atoms with van der Waals surface area (Å²) in [5.41, 5.74) is -0.411. The molecule has 2 saturated heterocycles. The summed E-state index contributed by atoms with van der Waals surface area (Å²) < 4.78 is 60.3. The van der Waals surface area contributed by atoms with E-state index in [2.05, 4.69) is 21.7 Å². The van der Waals surface area contributed by atoms with Gasteiger partial charge in [-0.2, -0.15) is 13.2 Å². The summed E-state index contributed by atoms with van der Waals surface area (Å²) in [7, 11) is 0. The minimum Gasteiger partial charge on any atom is -0.371 e. The molecule has 2 aromatic rings. The summed E-state index contributed by atoms with van der Waals surface area (Å²) in [5, 5.41) is 3.09. The minimum absolute atomic E-state index is 0.00513. The molecule has 1 amide bonds. The van der Waals surface area contributed by atoms with Crippen molar-refractivity contribution >= 4 is 11.6 Å². The van der Waals surface area contributed by atoms with E-state index in [1.807, 2.05) is 0 Å². The Kier molecular flexibility index (Phi) is 8.81. The molecule has 0 radical (unpaired) electrons. The van der Waals surface area contributed by atoms with Crippen molar-refractivity contribution in [3.8, 4) is 0 Å². The number of nitrogens with one attached hydrogen (secondary N) is 1. The van der Waals surface area contributed by atoms with Crippen LogP contribution in [-0.4, -0.2) is 84.3 Å². The monoisotopic (exact) mass is 577 g/mol. The van der Waals surface area contributed by atoms with E-state index in [0.29, 0.717) is 38.3 Å². The number of anilines is 1. The number of rotatable bonds is 8. The first-order valence-corrected chi connectivity index (χ1v) is 13.9. The molecule has 12 heteroatoms. The predicted octanol–water partition coefficient (Wildman–Crippen LogP) is 2.86. The molecule has 3 aliphatic rings. The number of halogens is 4. The maximum atomic E-state index is 13.3. The van der Waals surface area contributed by atoms with Crippen LogP contribution in [0.25, 0.3) is 0 Å². The number of ether oxygens (including phenoxy) is 1. The van der Waals surface area contributed by atoms with Gasteiger partial charge in [0.05, 0.1) is 30.9 Å². The smallest absolute Gasteiger partial charge is 0.371 e. The van der Waals surface area contributed by atoms with Gasteiger partial charge in [0.25, 0.3) is 5.56 Å². The second kappa shape index (κ2) is 12.3. The van der Waals surface area contributed by atoms with Gasteiger partial charge in [0.15, 0.2) is 0 Å². The molecule has 1 unspecified atom stereocenters. The fraction of sp³-hybridized carbons (Fsp3) is 0.517. The third-order valence-electron chi connectivity index (χ3n) is 8.18. The Morgan fingerprint density at radius 3 is 2.49 bits per heavy atom. The van der Waals surface area contributed by atoms with Gasteiger partial charge in [-0.25, -0.2) is 4.39 Å². The van der Waals surface area contributed by atoms with Crippen molar-refractivity contribution in [2.75, 3.05) is 50.8 Å². The lowest BCUT2D eigenvalue weighted by Gasteiger charge is -2.38. The van der Waals surface area contributed by atoms with Crippen molar-refractivity contribution in [3.05, 3.63) is 76.5 Å². The number of benzene rings is 1. The molecule has 0 aliphatic carbocycles. The van der Waals surface area contributed by atoms with Gasteiger partial charge < -0.3 is 19.5 Å². The van der Waals surface area contributed by atoms with Crippen LogP contribution in [0.4, 0.5) is 23.2 Å². The lowest BCUT2D eigenvalue weighted by Crippen LogP contribution is -2.49. The predicted molar refractivity (Wildman–Crippen MR) is 146 cm³/mol. The van der Waals surface area contributed by atoms with E-state index in [1.165, 1.54) is 16.7 Å². The van der Waals surface area contributed by atoms with Crippen molar-refractivity contribution in [1.82, 2.24) is 19.7 Å². The molecular formula is C29H35F4N5O3. The highest BCUT2D eigenvalue weighted by molar-refractivity contribution is 5.78. The molecule has 4 heterocycles. The molecule has 8 nitrogen and oxygen atoms in total. The van der Waals surface area contributed by atoms with E-state index in [9.17, 15) is 27.2 Å². The highest BCUT2D eigenvalue weighted by Crippen LogP contribution is 2.30. The lowest BCUT2D eigenvalue weighted by molar-refractivity contribution is -0.138. The quantitative estimate of drug-likeness (QED) is 0.385. The van der Waals surface area contributed by atoms with Crippen molar-refractivity contribution in [2.45, 2.75) is 50.3 Å². The second-order valence-corrected chi connectivity index (χ2v) is 10.9. The van der Waals surface area contributed by atoms with E-state index in [0.717, 1.165) is 37.7 Å². The van der Waals surface area contributed by atoms with Crippen molar-refractivity contribution in [1.29, 1.82) is 0 Å². The van der Waals surface area contributed by atoms with Crippen molar-refractivity contribution in [3.63, 3.8) is 0 Å². The highest BCUT2D eigenvalue weighted by atomic mass is 19.4. The Morgan fingerprint density at radius 2 is 1.80 bits per heavy atom. The number of likely N-dealkylation sites (tertiary alicyclic amines) is 1. The molecule has 2 fully saturated rings. The molecule has 222 valence electrons. The third-order valence-corrected chi connectivity index (χ3v) is 8.18. The molecule has 0 bridgehead atoms. The number of carbonyl (C=O) groups is 1. The van der Waals surface area contributed by atoms with Gasteiger partial charge in [0, 0.05) is 69.3 Å². The van der Waals surface area contributed by atoms with Gasteiger partial charge in [0.2, 0.25) is 5.91 Å². The summed E-state index contributed by atoms with van der Waals surface area (Å²) in [6, 6.07) is 8.22. The van der Waals surface area contributed by atoms with Crippen LogP contribution in [-0.2, 0) is 28.8 Å². The first-order valence-electron chi connectivity index (χ1n) is 13.9. The molecule has 1 aromatic carbocycles. The van der Waals surface area contributed by atoms with E-state index in [1.54, 1.807) is 23.1 Å². The fourth-order valence-electron chi connectivity index (χ4n) is 6.08. The largest absolute Gasteiger partial charge is 0.416 e. The number of hydrogen-bond acceptors (Lipinski definition) is 6. The first-order chi connectivity index (χ1) is 19.6. The first kappa shape index (κ1) is 29.3. The zero-order valence-corrected chi connectivity index (χ0v) is 22.8. The van der Waals surface area contributed by atoms with Crippen LogP contribution in [0.2, 0.25) is 0 Å². The van der Waals surface area contributed by atoms with E-state index in [4.69, 9.17) is 4.74 Å². The summed E-state index contributed by atoms with van der Waals surface area (Å²) >= 11 is 0. The van der Waals surface area contributed by atoms with Crippen LogP contribution in [0.1, 0.15) is 24.1 Å². The van der Waals surface area contributed by atoms with E-state index >= 15 is 0 Å². The molecule has 0 spiro atoms. The maximum Gasteiger partial charge on any atom is 0.416 e. The summed E-state index contributed by atoms with van der Waals surface area (Å²) in [6.07, 6.45) is -1.30. The van der Waals surface area contributed by atoms with Crippen LogP contribution >= 0.6 is 0 Å². The van der Waals surface area contributed by atoms with Gasteiger partial charge in [0.1, 0.15) is 5.82 Å². The number of fused-ring (bicyclic) bond motifs is 1. The van der Waals surface area contributed by atoms with Gasteiger partial charge >= 0.3 is 6.18 Å². The van der Waals surface area contributed by atoms with Gasteiger partial charge in [-0.05, 0) is 43.2 Å². The molecule has 0 saturated carbocycles. The normalized spacial score (nSPS) is 22.5. The van der Waals surface area contributed by atoms with Crippen LogP contribution in [0.15, 0.2) is 53.8 Å².